The van der Waals surface area contributed by atoms with Gasteiger partial charge in [-0.15, -0.1) is 0 Å². The van der Waals surface area contributed by atoms with Crippen LogP contribution >= 0.6 is 0 Å². The number of carboxylic acid groups (broad SMARTS) is 2. The first-order valence-corrected chi connectivity index (χ1v) is 11.0. The minimum Gasteiger partial charge on any atom is -0.486 e. The average molecular weight is 566 g/mol. The van der Waals surface area contributed by atoms with Crippen LogP contribution in [0.1, 0.15) is 30.0 Å². The van der Waals surface area contributed by atoms with Crippen LogP contribution < -0.4 is 4.74 Å². The van der Waals surface area contributed by atoms with E-state index in [1.165, 1.54) is 5.56 Å². The van der Waals surface area contributed by atoms with Crippen LogP contribution in [0, 0.1) is 0 Å². The highest BCUT2D eigenvalue weighted by atomic mass is 19.4. The van der Waals surface area contributed by atoms with E-state index in [9.17, 15) is 26.3 Å². The van der Waals surface area contributed by atoms with Gasteiger partial charge >= 0.3 is 24.3 Å². The summed E-state index contributed by atoms with van der Waals surface area (Å²) in [7, 11) is 1.95. The second-order valence-electron chi connectivity index (χ2n) is 8.01. The van der Waals surface area contributed by atoms with Gasteiger partial charge in [-0.25, -0.2) is 14.6 Å². The Kier molecular flexibility index (Phi) is 10.4. The van der Waals surface area contributed by atoms with Crippen molar-refractivity contribution in [2.45, 2.75) is 45.0 Å². The van der Waals surface area contributed by atoms with Crippen molar-refractivity contribution in [1.82, 2.24) is 29.2 Å². The Hall–Kier alpha value is -4.15. The summed E-state index contributed by atoms with van der Waals surface area (Å²) >= 11 is 0. The van der Waals surface area contributed by atoms with Crippen molar-refractivity contribution in [2.75, 3.05) is 6.54 Å². The van der Waals surface area contributed by atoms with Gasteiger partial charge in [0.2, 0.25) is 0 Å². The molecule has 11 nitrogen and oxygen atoms in total. The molecule has 17 heteroatoms. The molecule has 4 heterocycles. The number of nitrogens with zero attached hydrogens (tertiary/aromatic N) is 6. The number of fused-ring (bicyclic) bond motifs is 1. The summed E-state index contributed by atoms with van der Waals surface area (Å²) in [5.41, 5.74) is 2.33. The van der Waals surface area contributed by atoms with Crippen LogP contribution in [0.4, 0.5) is 26.3 Å². The van der Waals surface area contributed by atoms with E-state index in [2.05, 4.69) is 37.7 Å². The number of rotatable bonds is 5. The molecule has 4 rings (SSSR count). The first-order valence-electron chi connectivity index (χ1n) is 11.0. The number of aromatic nitrogens is 5. The molecule has 0 bridgehead atoms. The molecule has 39 heavy (non-hydrogen) atoms. The summed E-state index contributed by atoms with van der Waals surface area (Å²) in [6.45, 7) is 5.52. The molecule has 2 N–H and O–H groups in total. The van der Waals surface area contributed by atoms with E-state index in [-0.39, 0.29) is 6.04 Å². The average Bonchev–Trinajstić information content (AvgIpc) is 3.46. The zero-order chi connectivity index (χ0) is 29.4. The third-order valence-corrected chi connectivity index (χ3v) is 5.15. The molecular formula is C22H24F6N6O5. The van der Waals surface area contributed by atoms with E-state index in [1.54, 1.807) is 12.4 Å². The highest BCUT2D eigenvalue weighted by Crippen LogP contribution is 2.27. The van der Waals surface area contributed by atoms with Crippen LogP contribution in [0.3, 0.4) is 0 Å². The maximum atomic E-state index is 10.6. The monoisotopic (exact) mass is 566 g/mol. The van der Waals surface area contributed by atoms with Crippen LogP contribution in [0.5, 0.6) is 5.75 Å². The fraction of sp³-hybridized carbons (Fsp3) is 0.409. The van der Waals surface area contributed by atoms with Crippen molar-refractivity contribution in [1.29, 1.82) is 0 Å². The van der Waals surface area contributed by atoms with E-state index in [0.29, 0.717) is 6.61 Å². The van der Waals surface area contributed by atoms with Gasteiger partial charge in [-0.3, -0.25) is 14.6 Å². The van der Waals surface area contributed by atoms with Gasteiger partial charge in [-0.2, -0.15) is 31.4 Å². The van der Waals surface area contributed by atoms with Crippen molar-refractivity contribution in [2.24, 2.45) is 7.05 Å². The number of imidazole rings is 1. The Balaban J connectivity index is 0.000000317. The van der Waals surface area contributed by atoms with Gasteiger partial charge in [-0.1, -0.05) is 0 Å². The minimum atomic E-state index is -5.08. The summed E-state index contributed by atoms with van der Waals surface area (Å²) in [6, 6.07) is 4.05. The van der Waals surface area contributed by atoms with Gasteiger partial charge in [0.1, 0.15) is 18.2 Å². The number of halogens is 6. The number of alkyl halides is 6. The zero-order valence-electron chi connectivity index (χ0n) is 20.5. The quantitative estimate of drug-likeness (QED) is 0.445. The maximum Gasteiger partial charge on any atom is 0.490 e. The molecule has 0 aromatic carbocycles. The number of ether oxygens (including phenoxy) is 1. The summed E-state index contributed by atoms with van der Waals surface area (Å²) in [6.07, 6.45) is -0.768. The third kappa shape index (κ3) is 9.59. The van der Waals surface area contributed by atoms with E-state index < -0.39 is 24.3 Å². The lowest BCUT2D eigenvalue weighted by Crippen LogP contribution is -2.37. The second-order valence-corrected chi connectivity index (χ2v) is 8.01. The van der Waals surface area contributed by atoms with Gasteiger partial charge in [0, 0.05) is 44.6 Å². The van der Waals surface area contributed by atoms with Crippen LogP contribution in [-0.4, -0.2) is 70.3 Å². The van der Waals surface area contributed by atoms with Gasteiger partial charge in [0.05, 0.1) is 30.3 Å². The first kappa shape index (κ1) is 31.1. The normalized spacial score (nSPS) is 15.2. The fourth-order valence-electron chi connectivity index (χ4n) is 3.31. The number of carboxylic acids is 2. The predicted octanol–water partition coefficient (Wildman–Crippen LogP) is 3.43. The fourth-order valence-corrected chi connectivity index (χ4v) is 3.31. The molecule has 1 aliphatic heterocycles. The summed E-state index contributed by atoms with van der Waals surface area (Å²) in [4.78, 5) is 29.0. The van der Waals surface area contributed by atoms with Crippen molar-refractivity contribution in [3.05, 3.63) is 60.2 Å². The Bertz CT molecular complexity index is 1200. The Labute approximate surface area is 217 Å². The lowest BCUT2D eigenvalue weighted by molar-refractivity contribution is -0.193. The molecule has 0 saturated carbocycles. The molecule has 0 radical (unpaired) electrons. The zero-order valence-corrected chi connectivity index (χ0v) is 20.5. The largest absolute Gasteiger partial charge is 0.490 e. The number of aliphatic carboxylic acids is 2. The van der Waals surface area contributed by atoms with E-state index in [1.807, 2.05) is 36.3 Å². The van der Waals surface area contributed by atoms with Crippen molar-refractivity contribution in [3.8, 4) is 5.75 Å². The van der Waals surface area contributed by atoms with Crippen molar-refractivity contribution >= 4 is 11.9 Å². The molecule has 0 amide bonds. The van der Waals surface area contributed by atoms with E-state index in [0.717, 1.165) is 36.9 Å². The summed E-state index contributed by atoms with van der Waals surface area (Å²) in [5, 5.41) is 18.5. The molecule has 0 saturated heterocycles. The van der Waals surface area contributed by atoms with Gasteiger partial charge in [0.25, 0.3) is 0 Å². The van der Waals surface area contributed by atoms with Crippen molar-refractivity contribution in [3.63, 3.8) is 0 Å². The smallest absolute Gasteiger partial charge is 0.486 e. The summed E-state index contributed by atoms with van der Waals surface area (Å²) in [5.74, 6) is -3.64. The first-order chi connectivity index (χ1) is 18.1. The second kappa shape index (κ2) is 13.1. The molecule has 1 unspecified atom stereocenters. The van der Waals surface area contributed by atoms with Gasteiger partial charge in [0.15, 0.2) is 0 Å². The van der Waals surface area contributed by atoms with E-state index >= 15 is 0 Å². The third-order valence-electron chi connectivity index (χ3n) is 5.15. The molecule has 214 valence electrons. The number of pyridine rings is 1. The molecule has 0 fully saturated rings. The number of hydrogen-bond donors (Lipinski definition) is 2. The highest BCUT2D eigenvalue weighted by Gasteiger charge is 2.38. The highest BCUT2D eigenvalue weighted by molar-refractivity contribution is 5.73. The number of aryl methyl sites for hydroxylation is 1. The van der Waals surface area contributed by atoms with Gasteiger partial charge in [-0.05, 0) is 19.1 Å². The molecular weight excluding hydrogens is 542 g/mol. The van der Waals surface area contributed by atoms with Crippen LogP contribution in [0.15, 0.2) is 43.1 Å². The molecule has 0 spiro atoms. The standard InChI is InChI=1S/C18H22N6O.2C2HF3O2/c1-14-18-20-9-16(13-25-17-4-3-5-19-10-17)24(18)7-6-23(14)12-15-8-21-22(2)11-15;2*3-2(4,5)1(6)7/h3-5,8-11,14H,6-7,12-13H2,1-2H3;2*(H,6,7). The Morgan fingerprint density at radius 2 is 1.67 bits per heavy atom. The maximum absolute atomic E-state index is 10.6. The molecule has 1 atom stereocenters. The Morgan fingerprint density at radius 1 is 1.05 bits per heavy atom. The lowest BCUT2D eigenvalue weighted by Gasteiger charge is -2.34. The number of hydrogen-bond acceptors (Lipinski definition) is 7. The molecule has 0 aliphatic carbocycles. The molecule has 3 aromatic rings. The SMILES string of the molecule is CC1c2ncc(COc3cccnc3)n2CCN1Cc1cnn(C)c1.O=C(O)C(F)(F)F.O=C(O)C(F)(F)F. The van der Waals surface area contributed by atoms with Crippen LogP contribution in [0.2, 0.25) is 0 Å². The lowest BCUT2D eigenvalue weighted by atomic mass is 10.2. The minimum absolute atomic E-state index is 0.265. The van der Waals surface area contributed by atoms with Crippen molar-refractivity contribution < 1.29 is 50.9 Å². The van der Waals surface area contributed by atoms with Gasteiger partial charge < -0.3 is 19.5 Å². The summed E-state index contributed by atoms with van der Waals surface area (Å²) < 4.78 is 73.4. The van der Waals surface area contributed by atoms with Crippen LogP contribution in [0.25, 0.3) is 0 Å². The van der Waals surface area contributed by atoms with Crippen LogP contribution in [-0.2, 0) is 36.3 Å². The predicted molar refractivity (Wildman–Crippen MR) is 120 cm³/mol. The molecule has 1 aliphatic rings. The number of carbonyl (C=O) groups is 2. The molecule has 3 aromatic heterocycles. The topological polar surface area (TPSA) is 136 Å². The van der Waals surface area contributed by atoms with E-state index in [4.69, 9.17) is 24.5 Å². The Morgan fingerprint density at radius 3 is 2.15 bits per heavy atom.